The monoisotopic (exact) mass is 358 g/mol. The van der Waals surface area contributed by atoms with Gasteiger partial charge in [0, 0.05) is 24.5 Å². The van der Waals surface area contributed by atoms with E-state index in [1.54, 1.807) is 0 Å². The highest BCUT2D eigenvalue weighted by Gasteiger charge is 2.27. The van der Waals surface area contributed by atoms with Gasteiger partial charge in [-0.3, -0.25) is 9.59 Å². The van der Waals surface area contributed by atoms with Gasteiger partial charge in [0.2, 0.25) is 5.91 Å². The molecule has 1 aliphatic carbocycles. The van der Waals surface area contributed by atoms with Crippen LogP contribution in [0.15, 0.2) is 11.6 Å². The average molecular weight is 358 g/mol. The van der Waals surface area contributed by atoms with E-state index in [1.807, 2.05) is 26.0 Å². The maximum Gasteiger partial charge on any atom is 0.349 e. The minimum Gasteiger partial charge on any atom is -0.451 e. The summed E-state index contributed by atoms with van der Waals surface area (Å²) in [7, 11) is 1.44. The number of aryl methyl sites for hydroxylation is 1. The van der Waals surface area contributed by atoms with Crippen molar-refractivity contribution in [2.45, 2.75) is 32.7 Å². The number of rotatable bonds is 7. The number of nitrogens with one attached hydrogen (secondary N) is 2. The van der Waals surface area contributed by atoms with Crippen LogP contribution in [0.25, 0.3) is 6.08 Å². The van der Waals surface area contributed by atoms with Gasteiger partial charge in [-0.2, -0.15) is 5.26 Å². The van der Waals surface area contributed by atoms with Gasteiger partial charge in [-0.1, -0.05) is 0 Å². The SMILES string of the molecule is CNC(=O)CNC(=O)COC(=O)/C(C#N)=C/c1cc(C)n(C2CC2)c1C. The molecule has 1 aromatic heterocycles. The molecule has 26 heavy (non-hydrogen) atoms. The van der Waals surface area contributed by atoms with Gasteiger partial charge in [0.15, 0.2) is 6.61 Å². The Morgan fingerprint density at radius 1 is 1.35 bits per heavy atom. The molecule has 1 heterocycles. The Hall–Kier alpha value is -3.08. The second-order valence-electron chi connectivity index (χ2n) is 6.12. The molecule has 1 saturated carbocycles. The van der Waals surface area contributed by atoms with Gasteiger partial charge in [-0.05, 0) is 44.4 Å². The number of amides is 2. The number of aromatic nitrogens is 1. The third kappa shape index (κ3) is 4.72. The third-order valence-electron chi connectivity index (χ3n) is 4.14. The molecule has 2 rings (SSSR count). The van der Waals surface area contributed by atoms with Gasteiger partial charge < -0.3 is 19.9 Å². The van der Waals surface area contributed by atoms with Crippen molar-refractivity contribution in [2.24, 2.45) is 0 Å². The van der Waals surface area contributed by atoms with Crippen molar-refractivity contribution in [3.05, 3.63) is 28.6 Å². The minimum absolute atomic E-state index is 0.180. The molecule has 0 atom stereocenters. The second kappa shape index (κ2) is 8.34. The second-order valence-corrected chi connectivity index (χ2v) is 6.12. The van der Waals surface area contributed by atoms with Crippen LogP contribution in [0, 0.1) is 25.2 Å². The van der Waals surface area contributed by atoms with Crippen LogP contribution >= 0.6 is 0 Å². The van der Waals surface area contributed by atoms with E-state index in [0.29, 0.717) is 6.04 Å². The summed E-state index contributed by atoms with van der Waals surface area (Å²) in [5.41, 5.74) is 2.68. The van der Waals surface area contributed by atoms with Gasteiger partial charge in [0.25, 0.3) is 5.91 Å². The molecule has 0 aliphatic heterocycles. The fourth-order valence-corrected chi connectivity index (χ4v) is 2.66. The Morgan fingerprint density at radius 2 is 2.04 bits per heavy atom. The summed E-state index contributed by atoms with van der Waals surface area (Å²) in [4.78, 5) is 34.6. The summed E-state index contributed by atoms with van der Waals surface area (Å²) < 4.78 is 7.06. The molecule has 0 bridgehead atoms. The lowest BCUT2D eigenvalue weighted by Gasteiger charge is -2.07. The van der Waals surface area contributed by atoms with E-state index in [9.17, 15) is 19.6 Å². The number of nitriles is 1. The Labute approximate surface area is 151 Å². The highest BCUT2D eigenvalue weighted by molar-refractivity contribution is 5.99. The number of likely N-dealkylation sites (N-methyl/N-ethyl adjacent to an activating group) is 1. The van der Waals surface area contributed by atoms with E-state index in [2.05, 4.69) is 15.2 Å². The molecule has 0 radical (unpaired) electrons. The summed E-state index contributed by atoms with van der Waals surface area (Å²) in [5.74, 6) is -1.86. The van der Waals surface area contributed by atoms with Crippen LogP contribution < -0.4 is 10.6 Å². The van der Waals surface area contributed by atoms with E-state index >= 15 is 0 Å². The summed E-state index contributed by atoms with van der Waals surface area (Å²) in [6, 6.07) is 4.24. The summed E-state index contributed by atoms with van der Waals surface area (Å²) in [6.07, 6.45) is 3.75. The van der Waals surface area contributed by atoms with Crippen LogP contribution in [0.5, 0.6) is 0 Å². The predicted molar refractivity (Wildman–Crippen MR) is 93.8 cm³/mol. The standard InChI is InChI=1S/C18H22N4O4/c1-11-6-13(12(2)22(11)15-4-5-15)7-14(8-19)18(25)26-10-17(24)21-9-16(23)20-3/h6-7,15H,4-5,9-10H2,1-3H3,(H,20,23)(H,21,24)/b14-7+. The molecule has 1 fully saturated rings. The van der Waals surface area contributed by atoms with Gasteiger partial charge in [0.05, 0.1) is 6.54 Å². The zero-order valence-corrected chi connectivity index (χ0v) is 15.1. The summed E-state index contributed by atoms with van der Waals surface area (Å²) in [5, 5.41) is 13.9. The topological polar surface area (TPSA) is 113 Å². The minimum atomic E-state index is -0.876. The molecular formula is C18H22N4O4. The molecule has 1 aromatic rings. The first-order valence-corrected chi connectivity index (χ1v) is 8.32. The molecule has 138 valence electrons. The molecule has 8 nitrogen and oxygen atoms in total. The smallest absolute Gasteiger partial charge is 0.349 e. The van der Waals surface area contributed by atoms with E-state index in [-0.39, 0.29) is 18.0 Å². The van der Waals surface area contributed by atoms with Gasteiger partial charge in [-0.25, -0.2) is 4.79 Å². The van der Waals surface area contributed by atoms with Gasteiger partial charge in [-0.15, -0.1) is 0 Å². The van der Waals surface area contributed by atoms with Crippen molar-refractivity contribution in [2.75, 3.05) is 20.2 Å². The van der Waals surface area contributed by atoms with E-state index in [1.165, 1.54) is 13.1 Å². The Kier molecular flexibility index (Phi) is 6.17. The van der Waals surface area contributed by atoms with Crippen LogP contribution in [0.3, 0.4) is 0 Å². The van der Waals surface area contributed by atoms with Crippen LogP contribution in [0.2, 0.25) is 0 Å². The number of esters is 1. The van der Waals surface area contributed by atoms with Crippen molar-refractivity contribution in [3.63, 3.8) is 0 Å². The molecule has 2 amide bonds. The molecule has 8 heteroatoms. The van der Waals surface area contributed by atoms with Crippen LogP contribution in [-0.4, -0.2) is 42.6 Å². The number of nitrogens with zero attached hydrogens (tertiary/aromatic N) is 2. The quantitative estimate of drug-likeness (QED) is 0.424. The van der Waals surface area contributed by atoms with E-state index in [4.69, 9.17) is 4.74 Å². The van der Waals surface area contributed by atoms with Crippen molar-refractivity contribution in [3.8, 4) is 6.07 Å². The lowest BCUT2D eigenvalue weighted by molar-refractivity contribution is -0.144. The average Bonchev–Trinajstić information content (AvgIpc) is 3.41. The number of hydrogen-bond acceptors (Lipinski definition) is 5. The maximum atomic E-state index is 12.0. The van der Waals surface area contributed by atoms with Gasteiger partial charge in [0.1, 0.15) is 11.6 Å². The van der Waals surface area contributed by atoms with Crippen LogP contribution in [0.1, 0.15) is 35.8 Å². The number of hydrogen-bond donors (Lipinski definition) is 2. The molecule has 0 unspecified atom stereocenters. The molecular weight excluding hydrogens is 336 g/mol. The molecule has 1 aliphatic rings. The fourth-order valence-electron chi connectivity index (χ4n) is 2.66. The largest absolute Gasteiger partial charge is 0.451 e. The first-order chi connectivity index (χ1) is 12.4. The summed E-state index contributed by atoms with van der Waals surface area (Å²) >= 11 is 0. The molecule has 0 saturated heterocycles. The third-order valence-corrected chi connectivity index (χ3v) is 4.14. The Morgan fingerprint density at radius 3 is 2.62 bits per heavy atom. The molecule has 0 spiro atoms. The lowest BCUT2D eigenvalue weighted by Crippen LogP contribution is -2.37. The Bertz CT molecular complexity index is 797. The highest BCUT2D eigenvalue weighted by atomic mass is 16.5. The lowest BCUT2D eigenvalue weighted by atomic mass is 10.1. The first kappa shape index (κ1) is 19.2. The maximum absolute atomic E-state index is 12.0. The number of carbonyl (C=O) groups is 3. The van der Waals surface area contributed by atoms with E-state index < -0.39 is 18.5 Å². The normalized spacial score (nSPS) is 13.7. The molecule has 0 aromatic carbocycles. The zero-order chi connectivity index (χ0) is 19.3. The number of carbonyl (C=O) groups excluding carboxylic acids is 3. The van der Waals surface area contributed by atoms with E-state index in [0.717, 1.165) is 29.8 Å². The summed E-state index contributed by atoms with van der Waals surface area (Å²) in [6.45, 7) is 3.17. The zero-order valence-electron chi connectivity index (χ0n) is 15.1. The molecule has 2 N–H and O–H groups in total. The predicted octanol–water partition coefficient (Wildman–Crippen LogP) is 0.752. The Balaban J connectivity index is 1.99. The fraction of sp³-hybridized carbons (Fsp3) is 0.444. The van der Waals surface area contributed by atoms with Crippen molar-refractivity contribution >= 4 is 23.9 Å². The van der Waals surface area contributed by atoms with Crippen LogP contribution in [0.4, 0.5) is 0 Å². The van der Waals surface area contributed by atoms with Crippen molar-refractivity contribution in [1.82, 2.24) is 15.2 Å². The first-order valence-electron chi connectivity index (χ1n) is 8.32. The van der Waals surface area contributed by atoms with Crippen LogP contribution in [-0.2, 0) is 19.1 Å². The van der Waals surface area contributed by atoms with Crippen molar-refractivity contribution in [1.29, 1.82) is 5.26 Å². The van der Waals surface area contributed by atoms with Gasteiger partial charge >= 0.3 is 5.97 Å². The highest BCUT2D eigenvalue weighted by Crippen LogP contribution is 2.38. The van der Waals surface area contributed by atoms with Crippen molar-refractivity contribution < 1.29 is 19.1 Å². The number of ether oxygens (including phenoxy) is 1.